The number of benzene rings is 1. The van der Waals surface area contributed by atoms with Gasteiger partial charge in [-0.05, 0) is 37.1 Å². The van der Waals surface area contributed by atoms with Gasteiger partial charge < -0.3 is 14.7 Å². The fraction of sp³-hybridized carbons (Fsp3) is 0.389. The third kappa shape index (κ3) is 3.07. The molecule has 1 amide bonds. The van der Waals surface area contributed by atoms with Gasteiger partial charge in [0.1, 0.15) is 0 Å². The molecule has 7 heteroatoms. The van der Waals surface area contributed by atoms with Gasteiger partial charge in [-0.15, -0.1) is 0 Å². The Morgan fingerprint density at radius 2 is 2.08 bits per heavy atom. The van der Waals surface area contributed by atoms with Crippen LogP contribution in [-0.4, -0.2) is 52.7 Å². The van der Waals surface area contributed by atoms with Gasteiger partial charge in [0.05, 0.1) is 24.3 Å². The van der Waals surface area contributed by atoms with Gasteiger partial charge in [0, 0.05) is 28.6 Å². The molecule has 2 aromatic rings. The highest BCUT2D eigenvalue weighted by Gasteiger charge is 2.35. The monoisotopic (exact) mass is 360 g/mol. The van der Waals surface area contributed by atoms with Crippen LogP contribution < -0.4 is 0 Å². The number of ether oxygens (including phenoxy) is 1. The summed E-state index contributed by atoms with van der Waals surface area (Å²) >= 11 is 6.11. The van der Waals surface area contributed by atoms with Gasteiger partial charge in [0.15, 0.2) is 6.04 Å². The summed E-state index contributed by atoms with van der Waals surface area (Å²) in [6, 6.07) is 6.08. The summed E-state index contributed by atoms with van der Waals surface area (Å²) in [6.45, 7) is 0.577. The lowest BCUT2D eigenvalue weighted by molar-refractivity contribution is -0.147. The van der Waals surface area contributed by atoms with Crippen molar-refractivity contribution in [1.82, 2.24) is 9.88 Å². The van der Waals surface area contributed by atoms with Crippen molar-refractivity contribution in [3.05, 3.63) is 40.5 Å². The number of carboxylic acid groups (broad SMARTS) is 1. The number of rotatable bonds is 3. The molecular formula is C18H17ClN2O4. The molecule has 4 rings (SSSR count). The number of morpholine rings is 1. The van der Waals surface area contributed by atoms with Crippen molar-refractivity contribution < 1.29 is 19.4 Å². The molecule has 0 bridgehead atoms. The van der Waals surface area contributed by atoms with E-state index in [-0.39, 0.29) is 19.1 Å². The first kappa shape index (κ1) is 16.3. The molecule has 2 heterocycles. The molecule has 2 aliphatic rings. The maximum Gasteiger partial charge on any atom is 0.328 e. The first-order valence-electron chi connectivity index (χ1n) is 8.26. The van der Waals surface area contributed by atoms with E-state index in [2.05, 4.69) is 4.98 Å². The molecular weight excluding hydrogens is 344 g/mol. The molecule has 0 radical (unpaired) electrons. The van der Waals surface area contributed by atoms with Crippen molar-refractivity contribution in [2.24, 2.45) is 0 Å². The Bertz CT molecular complexity index is 866. The lowest BCUT2D eigenvalue weighted by Gasteiger charge is -2.33. The first-order valence-corrected chi connectivity index (χ1v) is 8.64. The predicted octanol–water partition coefficient (Wildman–Crippen LogP) is 2.69. The Labute approximate surface area is 149 Å². The third-order valence-corrected chi connectivity index (χ3v) is 4.93. The largest absolute Gasteiger partial charge is 0.480 e. The molecule has 130 valence electrons. The van der Waals surface area contributed by atoms with E-state index >= 15 is 0 Å². The minimum atomic E-state index is -1.06. The van der Waals surface area contributed by atoms with Gasteiger partial charge >= 0.3 is 5.97 Å². The Kier molecular flexibility index (Phi) is 4.09. The second-order valence-corrected chi connectivity index (χ2v) is 6.89. The number of pyridine rings is 1. The summed E-state index contributed by atoms with van der Waals surface area (Å²) < 4.78 is 5.23. The number of hydrogen-bond acceptors (Lipinski definition) is 4. The van der Waals surface area contributed by atoms with Crippen LogP contribution in [0.2, 0.25) is 5.02 Å². The summed E-state index contributed by atoms with van der Waals surface area (Å²) in [7, 11) is 0. The zero-order valence-electron chi connectivity index (χ0n) is 13.4. The second-order valence-electron chi connectivity index (χ2n) is 6.46. The van der Waals surface area contributed by atoms with Crippen LogP contribution in [-0.2, 0) is 9.53 Å². The normalized spacial score (nSPS) is 20.7. The van der Waals surface area contributed by atoms with Gasteiger partial charge in [0.2, 0.25) is 0 Å². The number of aliphatic carboxylic acids is 1. The zero-order valence-corrected chi connectivity index (χ0v) is 14.2. The number of fused-ring (bicyclic) bond motifs is 1. The minimum absolute atomic E-state index is 0.000325. The van der Waals surface area contributed by atoms with E-state index in [4.69, 9.17) is 16.3 Å². The highest BCUT2D eigenvalue weighted by Crippen LogP contribution is 2.40. The van der Waals surface area contributed by atoms with Crippen LogP contribution in [0.4, 0.5) is 0 Å². The quantitative estimate of drug-likeness (QED) is 0.910. The Hall–Kier alpha value is -2.18. The summed E-state index contributed by atoms with van der Waals surface area (Å²) in [5, 5.41) is 10.6. The number of aromatic nitrogens is 1. The van der Waals surface area contributed by atoms with E-state index in [1.54, 1.807) is 24.3 Å². The first-order chi connectivity index (χ1) is 12.0. The summed E-state index contributed by atoms with van der Waals surface area (Å²) in [5.41, 5.74) is 2.05. The maximum absolute atomic E-state index is 13.2. The zero-order chi connectivity index (χ0) is 17.6. The van der Waals surface area contributed by atoms with E-state index in [0.717, 1.165) is 18.5 Å². The number of carbonyl (C=O) groups is 2. The van der Waals surface area contributed by atoms with Gasteiger partial charge in [-0.1, -0.05) is 11.6 Å². The molecule has 6 nitrogen and oxygen atoms in total. The fourth-order valence-electron chi connectivity index (χ4n) is 3.19. The Morgan fingerprint density at radius 1 is 1.28 bits per heavy atom. The third-order valence-electron chi connectivity index (χ3n) is 4.69. The maximum atomic E-state index is 13.2. The van der Waals surface area contributed by atoms with E-state index < -0.39 is 12.0 Å². The molecule has 2 fully saturated rings. The average molecular weight is 361 g/mol. The molecule has 1 aromatic heterocycles. The molecule has 1 aliphatic carbocycles. The van der Waals surface area contributed by atoms with E-state index in [9.17, 15) is 14.7 Å². The average Bonchev–Trinajstić information content (AvgIpc) is 3.45. The van der Waals surface area contributed by atoms with Crippen molar-refractivity contribution in [3.8, 4) is 0 Å². The van der Waals surface area contributed by atoms with Crippen molar-refractivity contribution in [1.29, 1.82) is 0 Å². The molecule has 1 aliphatic heterocycles. The molecule has 1 saturated heterocycles. The predicted molar refractivity (Wildman–Crippen MR) is 92.0 cm³/mol. The number of carbonyl (C=O) groups excluding carboxylic acids is 1. The lowest BCUT2D eigenvalue weighted by atomic mass is 10.0. The second kappa shape index (κ2) is 6.28. The molecule has 1 atom stereocenters. The van der Waals surface area contributed by atoms with E-state index in [0.29, 0.717) is 34.0 Å². The van der Waals surface area contributed by atoms with Crippen LogP contribution in [0, 0.1) is 0 Å². The number of carboxylic acids is 1. The fourth-order valence-corrected chi connectivity index (χ4v) is 3.36. The Morgan fingerprint density at radius 3 is 2.80 bits per heavy atom. The van der Waals surface area contributed by atoms with Crippen molar-refractivity contribution in [3.63, 3.8) is 0 Å². The molecule has 0 spiro atoms. The van der Waals surface area contributed by atoms with Gasteiger partial charge in [0.25, 0.3) is 5.91 Å². The van der Waals surface area contributed by atoms with Gasteiger partial charge in [-0.3, -0.25) is 9.78 Å². The summed E-state index contributed by atoms with van der Waals surface area (Å²) in [6.07, 6.45) is 2.13. The van der Waals surface area contributed by atoms with Crippen molar-refractivity contribution in [2.75, 3.05) is 19.8 Å². The molecule has 1 N–H and O–H groups in total. The highest BCUT2D eigenvalue weighted by molar-refractivity contribution is 6.31. The van der Waals surface area contributed by atoms with Crippen LogP contribution in [0.15, 0.2) is 24.3 Å². The number of hydrogen-bond donors (Lipinski definition) is 1. The summed E-state index contributed by atoms with van der Waals surface area (Å²) in [5.74, 6) is -0.995. The van der Waals surface area contributed by atoms with Gasteiger partial charge in [-0.25, -0.2) is 4.79 Å². The number of nitrogens with zero attached hydrogens (tertiary/aromatic N) is 2. The SMILES string of the molecule is O=C(O)C1COCCN1C(=O)c1cc(C2CC2)nc2ccc(Cl)cc12. The van der Waals surface area contributed by atoms with Crippen LogP contribution >= 0.6 is 11.6 Å². The topological polar surface area (TPSA) is 79.7 Å². The molecule has 25 heavy (non-hydrogen) atoms. The van der Waals surface area contributed by atoms with E-state index in [1.807, 2.05) is 0 Å². The smallest absolute Gasteiger partial charge is 0.328 e. The van der Waals surface area contributed by atoms with Crippen LogP contribution in [0.1, 0.15) is 34.8 Å². The van der Waals surface area contributed by atoms with Gasteiger partial charge in [-0.2, -0.15) is 0 Å². The van der Waals surface area contributed by atoms with Crippen LogP contribution in [0.5, 0.6) is 0 Å². The standard InChI is InChI=1S/C18H17ClN2O4/c19-11-3-4-14-12(7-11)13(8-15(20-14)10-1-2-10)17(22)21-5-6-25-9-16(21)18(23)24/h3-4,7-8,10,16H,1-2,5-6,9H2,(H,23,24). The minimum Gasteiger partial charge on any atom is -0.480 e. The highest BCUT2D eigenvalue weighted by atomic mass is 35.5. The summed E-state index contributed by atoms with van der Waals surface area (Å²) in [4.78, 5) is 30.7. The number of amides is 1. The molecule has 1 saturated carbocycles. The van der Waals surface area contributed by atoms with Crippen molar-refractivity contribution >= 4 is 34.4 Å². The lowest BCUT2D eigenvalue weighted by Crippen LogP contribution is -2.52. The van der Waals surface area contributed by atoms with Crippen LogP contribution in [0.25, 0.3) is 10.9 Å². The molecule has 1 aromatic carbocycles. The number of halogens is 1. The molecule has 1 unspecified atom stereocenters. The van der Waals surface area contributed by atoms with Crippen LogP contribution in [0.3, 0.4) is 0 Å². The van der Waals surface area contributed by atoms with Crippen molar-refractivity contribution in [2.45, 2.75) is 24.8 Å². The van der Waals surface area contributed by atoms with E-state index in [1.165, 1.54) is 4.90 Å². The Balaban J connectivity index is 1.82.